The molecule has 0 bridgehead atoms. The van der Waals surface area contributed by atoms with Gasteiger partial charge < -0.3 is 5.32 Å². The van der Waals surface area contributed by atoms with Crippen molar-refractivity contribution in [2.24, 2.45) is 0 Å². The van der Waals surface area contributed by atoms with E-state index in [1.807, 2.05) is 19.2 Å². The van der Waals surface area contributed by atoms with Crippen LogP contribution in [0.3, 0.4) is 0 Å². The molecule has 1 amide bonds. The number of hydrogen-bond donors (Lipinski definition) is 1. The molecule has 0 saturated carbocycles. The second-order valence-electron chi connectivity index (χ2n) is 6.07. The molecule has 4 aromatic rings. The van der Waals surface area contributed by atoms with Crippen LogP contribution in [-0.2, 0) is 4.79 Å². The maximum atomic E-state index is 13.8. The monoisotopic (exact) mass is 400 g/mol. The van der Waals surface area contributed by atoms with Crippen LogP contribution in [0.25, 0.3) is 15.7 Å². The van der Waals surface area contributed by atoms with Gasteiger partial charge in [-0.3, -0.25) is 9.20 Å². The standard InChI is InChI=1S/C19H17FN4OS2/c1-3-16(18(25)21-13-7-5-4-6-12(13)20)27-19-15-10-17-14(8-9-26-17)24(15)11(2)22-23-19/h4-10,16H,3H2,1-2H3,(H,21,25)/t16-/m0/s1. The van der Waals surface area contributed by atoms with Gasteiger partial charge in [-0.2, -0.15) is 0 Å². The number of para-hydroxylation sites is 1. The largest absolute Gasteiger partial charge is 0.323 e. The molecule has 1 aromatic carbocycles. The van der Waals surface area contributed by atoms with Crippen LogP contribution in [0.5, 0.6) is 0 Å². The van der Waals surface area contributed by atoms with Crippen LogP contribution in [0.1, 0.15) is 19.2 Å². The van der Waals surface area contributed by atoms with Gasteiger partial charge in [0.25, 0.3) is 0 Å². The number of benzene rings is 1. The van der Waals surface area contributed by atoms with Crippen LogP contribution < -0.4 is 5.32 Å². The van der Waals surface area contributed by atoms with Gasteiger partial charge in [0.2, 0.25) is 5.91 Å². The molecule has 4 rings (SSSR count). The third kappa shape index (κ3) is 3.30. The molecule has 0 unspecified atom stereocenters. The number of thioether (sulfide) groups is 1. The molecule has 0 saturated heterocycles. The summed E-state index contributed by atoms with van der Waals surface area (Å²) in [7, 11) is 0. The summed E-state index contributed by atoms with van der Waals surface area (Å²) in [6.45, 7) is 3.84. The summed E-state index contributed by atoms with van der Waals surface area (Å²) in [5, 5.41) is 13.6. The third-order valence-corrected chi connectivity index (χ3v) is 6.50. The zero-order valence-electron chi connectivity index (χ0n) is 14.8. The Hall–Kier alpha value is -2.45. The number of aryl methyl sites for hydroxylation is 1. The smallest absolute Gasteiger partial charge is 0.237 e. The lowest BCUT2D eigenvalue weighted by molar-refractivity contribution is -0.115. The number of rotatable bonds is 5. The summed E-state index contributed by atoms with van der Waals surface area (Å²) in [4.78, 5) is 12.7. The molecule has 0 fully saturated rings. The maximum absolute atomic E-state index is 13.8. The molecular weight excluding hydrogens is 383 g/mol. The van der Waals surface area contributed by atoms with Crippen molar-refractivity contribution in [1.29, 1.82) is 0 Å². The number of amides is 1. The minimum atomic E-state index is -0.449. The Morgan fingerprint density at radius 2 is 2.11 bits per heavy atom. The van der Waals surface area contributed by atoms with Crippen LogP contribution in [0, 0.1) is 12.7 Å². The van der Waals surface area contributed by atoms with Crippen molar-refractivity contribution < 1.29 is 9.18 Å². The highest BCUT2D eigenvalue weighted by molar-refractivity contribution is 8.00. The normalized spacial score (nSPS) is 12.6. The van der Waals surface area contributed by atoms with E-state index in [4.69, 9.17) is 0 Å². The molecule has 1 N–H and O–H groups in total. The molecule has 138 valence electrons. The van der Waals surface area contributed by atoms with E-state index >= 15 is 0 Å². The molecule has 0 spiro atoms. The van der Waals surface area contributed by atoms with Gasteiger partial charge >= 0.3 is 0 Å². The molecular formula is C19H17FN4OS2. The predicted molar refractivity (Wildman–Crippen MR) is 108 cm³/mol. The molecule has 3 heterocycles. The minimum Gasteiger partial charge on any atom is -0.323 e. The molecule has 0 aliphatic carbocycles. The van der Waals surface area contributed by atoms with Gasteiger partial charge in [0, 0.05) is 0 Å². The predicted octanol–water partition coefficient (Wildman–Crippen LogP) is 4.90. The van der Waals surface area contributed by atoms with Gasteiger partial charge in [-0.05, 0) is 43.0 Å². The first-order valence-electron chi connectivity index (χ1n) is 8.52. The average Bonchev–Trinajstić information content (AvgIpc) is 3.24. The Morgan fingerprint density at radius 1 is 1.30 bits per heavy atom. The Balaban J connectivity index is 1.64. The lowest BCUT2D eigenvalue weighted by Gasteiger charge is -2.15. The summed E-state index contributed by atoms with van der Waals surface area (Å²) in [6.07, 6.45) is 0.585. The van der Waals surface area contributed by atoms with Gasteiger partial charge in [0.1, 0.15) is 16.7 Å². The lowest BCUT2D eigenvalue weighted by atomic mass is 10.2. The number of halogens is 1. The third-order valence-electron chi connectivity index (χ3n) is 4.30. The highest BCUT2D eigenvalue weighted by atomic mass is 32.2. The number of anilines is 1. The lowest BCUT2D eigenvalue weighted by Crippen LogP contribution is -2.25. The van der Waals surface area contributed by atoms with E-state index in [-0.39, 0.29) is 11.6 Å². The Bertz CT molecular complexity index is 1140. The van der Waals surface area contributed by atoms with Crippen molar-refractivity contribution in [3.05, 3.63) is 53.4 Å². The molecule has 0 radical (unpaired) electrons. The highest BCUT2D eigenvalue weighted by Gasteiger charge is 2.22. The Labute approximate surface area is 163 Å². The van der Waals surface area contributed by atoms with Crippen molar-refractivity contribution in [2.75, 3.05) is 5.32 Å². The fourth-order valence-corrected chi connectivity index (χ4v) is 4.73. The molecule has 27 heavy (non-hydrogen) atoms. The topological polar surface area (TPSA) is 59.3 Å². The van der Waals surface area contributed by atoms with Crippen molar-refractivity contribution in [2.45, 2.75) is 30.5 Å². The number of thiophene rings is 1. The van der Waals surface area contributed by atoms with Crippen LogP contribution in [0.4, 0.5) is 10.1 Å². The van der Waals surface area contributed by atoms with Gasteiger partial charge in [-0.25, -0.2) is 4.39 Å². The highest BCUT2D eigenvalue weighted by Crippen LogP contribution is 2.33. The van der Waals surface area contributed by atoms with E-state index in [1.165, 1.54) is 17.8 Å². The Kier molecular flexibility index (Phi) is 4.84. The number of nitrogens with one attached hydrogen (secondary N) is 1. The van der Waals surface area contributed by atoms with Gasteiger partial charge in [-0.1, -0.05) is 30.8 Å². The fraction of sp³-hybridized carbons (Fsp3) is 0.211. The van der Waals surface area contributed by atoms with Crippen LogP contribution in [0.2, 0.25) is 0 Å². The quantitative estimate of drug-likeness (QED) is 0.484. The molecule has 5 nitrogen and oxygen atoms in total. The zero-order valence-corrected chi connectivity index (χ0v) is 16.4. The summed E-state index contributed by atoms with van der Waals surface area (Å²) in [6, 6.07) is 10.3. The van der Waals surface area contributed by atoms with Crippen molar-refractivity contribution >= 4 is 50.4 Å². The summed E-state index contributed by atoms with van der Waals surface area (Å²) in [5.74, 6) is 0.100. The van der Waals surface area contributed by atoms with Crippen molar-refractivity contribution in [3.8, 4) is 0 Å². The first-order chi connectivity index (χ1) is 13.1. The van der Waals surface area contributed by atoms with Crippen LogP contribution >= 0.6 is 23.1 Å². The zero-order chi connectivity index (χ0) is 19.0. The van der Waals surface area contributed by atoms with E-state index in [1.54, 1.807) is 29.5 Å². The van der Waals surface area contributed by atoms with E-state index in [9.17, 15) is 9.18 Å². The van der Waals surface area contributed by atoms with Crippen LogP contribution in [-0.4, -0.2) is 25.8 Å². The van der Waals surface area contributed by atoms with E-state index in [2.05, 4.69) is 32.0 Å². The van der Waals surface area contributed by atoms with E-state index < -0.39 is 11.1 Å². The number of aromatic nitrogens is 3. The SMILES string of the molecule is CC[C@H](Sc1nnc(C)n2c1cc1sccc12)C(=O)Nc1ccccc1F. The summed E-state index contributed by atoms with van der Waals surface area (Å²) in [5.41, 5.74) is 2.21. The number of nitrogens with zero attached hydrogens (tertiary/aromatic N) is 3. The van der Waals surface area contributed by atoms with Crippen LogP contribution in [0.15, 0.2) is 46.8 Å². The minimum absolute atomic E-state index is 0.185. The van der Waals surface area contributed by atoms with E-state index in [0.29, 0.717) is 11.4 Å². The number of carbonyl (C=O) groups excluding carboxylic acids is 1. The first kappa shape index (κ1) is 17.9. The van der Waals surface area contributed by atoms with Crippen molar-refractivity contribution in [3.63, 3.8) is 0 Å². The second kappa shape index (κ2) is 7.28. The number of hydrogen-bond acceptors (Lipinski definition) is 5. The summed E-state index contributed by atoms with van der Waals surface area (Å²) >= 11 is 3.01. The van der Waals surface area contributed by atoms with Crippen molar-refractivity contribution in [1.82, 2.24) is 14.6 Å². The molecule has 8 heteroatoms. The Morgan fingerprint density at radius 3 is 2.89 bits per heavy atom. The molecule has 0 aliphatic rings. The second-order valence-corrected chi connectivity index (χ2v) is 8.21. The first-order valence-corrected chi connectivity index (χ1v) is 10.3. The summed E-state index contributed by atoms with van der Waals surface area (Å²) < 4.78 is 17.0. The van der Waals surface area contributed by atoms with Gasteiger partial charge in [0.05, 0.1) is 26.7 Å². The molecule has 3 aromatic heterocycles. The average molecular weight is 401 g/mol. The molecule has 0 aliphatic heterocycles. The maximum Gasteiger partial charge on any atom is 0.237 e. The number of carbonyl (C=O) groups is 1. The number of fused-ring (bicyclic) bond motifs is 3. The molecule has 1 atom stereocenters. The van der Waals surface area contributed by atoms with Gasteiger partial charge in [0.15, 0.2) is 0 Å². The fourth-order valence-electron chi connectivity index (χ4n) is 2.96. The van der Waals surface area contributed by atoms with E-state index in [0.717, 1.165) is 21.6 Å². The van der Waals surface area contributed by atoms with Gasteiger partial charge in [-0.15, -0.1) is 21.5 Å².